The number of hydrogen-bond acceptors (Lipinski definition) is 1. The largest absolute Gasteiger partial charge is 0.388 e. The third kappa shape index (κ3) is 2.36. The van der Waals surface area contributed by atoms with Crippen molar-refractivity contribution in [2.45, 2.75) is 38.8 Å². The molecule has 0 aliphatic heterocycles. The van der Waals surface area contributed by atoms with Gasteiger partial charge in [-0.2, -0.15) is 0 Å². The van der Waals surface area contributed by atoms with Gasteiger partial charge in [-0.05, 0) is 19.4 Å². The molecule has 0 atom stereocenters. The van der Waals surface area contributed by atoms with Crippen LogP contribution in [0.4, 0.5) is 0 Å². The minimum atomic E-state index is -1.22. The molecule has 8 heavy (non-hydrogen) atoms. The summed E-state index contributed by atoms with van der Waals surface area (Å²) in [4.78, 5) is 0. The van der Waals surface area contributed by atoms with Gasteiger partial charge in [0.25, 0.3) is 8.68 Å². The highest BCUT2D eigenvalue weighted by molar-refractivity contribution is 6.42. The van der Waals surface area contributed by atoms with Gasteiger partial charge < -0.3 is 4.46 Å². The van der Waals surface area contributed by atoms with Gasteiger partial charge >= 0.3 is 0 Å². The Kier molecular flexibility index (Phi) is 3.96. The standard InChI is InChI=1S/C6H14OSi/c1-4-6(5-2)8(3)7/h6H,4-5H2,1-3H3. The Morgan fingerprint density at radius 3 is 1.75 bits per heavy atom. The Morgan fingerprint density at radius 1 is 1.38 bits per heavy atom. The fourth-order valence-electron chi connectivity index (χ4n) is 0.864. The zero-order valence-corrected chi connectivity index (χ0v) is 6.90. The molecule has 0 aliphatic carbocycles. The smallest absolute Gasteiger partial charge is 0.276 e. The molecule has 2 heteroatoms. The molecular weight excluding hydrogens is 116 g/mol. The van der Waals surface area contributed by atoms with Gasteiger partial charge in [0.15, 0.2) is 0 Å². The van der Waals surface area contributed by atoms with Crippen LogP contribution in [0.1, 0.15) is 26.7 Å². The first-order valence-corrected chi connectivity index (χ1v) is 5.21. The molecule has 1 nitrogen and oxygen atoms in total. The molecule has 0 unspecified atom stereocenters. The second-order valence-electron chi connectivity index (χ2n) is 2.12. The fraction of sp³-hybridized carbons (Fsp3) is 1.00. The zero-order valence-electron chi connectivity index (χ0n) is 5.90. The van der Waals surface area contributed by atoms with Crippen molar-refractivity contribution >= 4 is 8.68 Å². The van der Waals surface area contributed by atoms with Crippen LogP contribution in [0.2, 0.25) is 12.1 Å². The molecule has 0 aromatic carbocycles. The zero-order chi connectivity index (χ0) is 6.57. The predicted octanol–water partition coefficient (Wildman–Crippen LogP) is 2.23. The molecular formula is C6H14OSi. The molecule has 0 aromatic heterocycles. The van der Waals surface area contributed by atoms with Crippen LogP contribution < -0.4 is 0 Å². The molecule has 0 fully saturated rings. The van der Waals surface area contributed by atoms with Crippen molar-refractivity contribution in [3.63, 3.8) is 0 Å². The molecule has 0 aromatic rings. The van der Waals surface area contributed by atoms with Crippen molar-refractivity contribution in [1.82, 2.24) is 0 Å². The van der Waals surface area contributed by atoms with Crippen LogP contribution in [0.15, 0.2) is 0 Å². The monoisotopic (exact) mass is 130 g/mol. The van der Waals surface area contributed by atoms with E-state index in [0.29, 0.717) is 5.54 Å². The molecule has 0 saturated heterocycles. The van der Waals surface area contributed by atoms with E-state index in [1.807, 2.05) is 6.55 Å². The van der Waals surface area contributed by atoms with Crippen molar-refractivity contribution in [3.8, 4) is 0 Å². The van der Waals surface area contributed by atoms with Gasteiger partial charge in [0, 0.05) is 5.54 Å². The highest BCUT2D eigenvalue weighted by Gasteiger charge is 2.09. The van der Waals surface area contributed by atoms with Crippen LogP contribution >= 0.6 is 0 Å². The highest BCUT2D eigenvalue weighted by atomic mass is 28.3. The van der Waals surface area contributed by atoms with Crippen molar-refractivity contribution in [2.75, 3.05) is 0 Å². The summed E-state index contributed by atoms with van der Waals surface area (Å²) in [5.41, 5.74) is 0.500. The van der Waals surface area contributed by atoms with Crippen molar-refractivity contribution in [3.05, 3.63) is 0 Å². The summed E-state index contributed by atoms with van der Waals surface area (Å²) < 4.78 is 10.8. The maximum atomic E-state index is 10.8. The van der Waals surface area contributed by atoms with E-state index in [-0.39, 0.29) is 0 Å². The van der Waals surface area contributed by atoms with Crippen LogP contribution in [-0.4, -0.2) is 8.68 Å². The Hall–Kier alpha value is 0.0169. The van der Waals surface area contributed by atoms with E-state index in [0.717, 1.165) is 12.8 Å². The summed E-state index contributed by atoms with van der Waals surface area (Å²) in [7, 11) is -1.22. The minimum absolute atomic E-state index is 0.500. The van der Waals surface area contributed by atoms with Crippen LogP contribution in [0.25, 0.3) is 0 Å². The first-order chi connectivity index (χ1) is 3.72. The molecule has 0 rings (SSSR count). The predicted molar refractivity (Wildman–Crippen MR) is 36.6 cm³/mol. The molecule has 0 saturated carbocycles. The molecule has 0 heterocycles. The molecule has 0 N–H and O–H groups in total. The maximum absolute atomic E-state index is 10.8. The van der Waals surface area contributed by atoms with Gasteiger partial charge in [-0.25, -0.2) is 0 Å². The van der Waals surface area contributed by atoms with E-state index in [9.17, 15) is 4.46 Å². The lowest BCUT2D eigenvalue weighted by atomic mass is 10.3. The quantitative estimate of drug-likeness (QED) is 0.535. The number of hydrogen-bond donors (Lipinski definition) is 0. The highest BCUT2D eigenvalue weighted by Crippen LogP contribution is 2.13. The summed E-state index contributed by atoms with van der Waals surface area (Å²) in [5, 5.41) is 0. The average molecular weight is 130 g/mol. The Balaban J connectivity index is 3.52. The van der Waals surface area contributed by atoms with E-state index in [1.54, 1.807) is 0 Å². The third-order valence-electron chi connectivity index (χ3n) is 1.56. The van der Waals surface area contributed by atoms with Crippen molar-refractivity contribution in [2.24, 2.45) is 0 Å². The van der Waals surface area contributed by atoms with Crippen LogP contribution in [0, 0.1) is 0 Å². The molecule has 48 valence electrons. The maximum Gasteiger partial charge on any atom is 0.276 e. The second-order valence-corrected chi connectivity index (χ2v) is 4.16. The lowest BCUT2D eigenvalue weighted by Crippen LogP contribution is -2.02. The van der Waals surface area contributed by atoms with Gasteiger partial charge in [0.1, 0.15) is 0 Å². The van der Waals surface area contributed by atoms with Gasteiger partial charge in [-0.15, -0.1) is 0 Å². The molecule has 0 aliphatic rings. The minimum Gasteiger partial charge on any atom is -0.388 e. The number of rotatable bonds is 3. The first-order valence-electron chi connectivity index (χ1n) is 3.22. The first kappa shape index (κ1) is 8.02. The van der Waals surface area contributed by atoms with Crippen LogP contribution in [0.5, 0.6) is 0 Å². The van der Waals surface area contributed by atoms with Gasteiger partial charge in [-0.1, -0.05) is 13.8 Å². The molecule has 0 spiro atoms. The Morgan fingerprint density at radius 2 is 1.75 bits per heavy atom. The van der Waals surface area contributed by atoms with Crippen molar-refractivity contribution < 1.29 is 4.46 Å². The second kappa shape index (κ2) is 3.95. The van der Waals surface area contributed by atoms with E-state index >= 15 is 0 Å². The van der Waals surface area contributed by atoms with E-state index < -0.39 is 8.68 Å². The fourth-order valence-corrected chi connectivity index (χ4v) is 2.01. The SMILES string of the molecule is CCC(CC)[Si](C)=O. The van der Waals surface area contributed by atoms with Crippen LogP contribution in [-0.2, 0) is 4.46 Å². The lowest BCUT2D eigenvalue weighted by Gasteiger charge is -2.03. The summed E-state index contributed by atoms with van der Waals surface area (Å²) in [6.07, 6.45) is 2.15. The summed E-state index contributed by atoms with van der Waals surface area (Å²) >= 11 is 0. The van der Waals surface area contributed by atoms with Crippen LogP contribution in [0.3, 0.4) is 0 Å². The van der Waals surface area contributed by atoms with E-state index in [1.165, 1.54) is 0 Å². The van der Waals surface area contributed by atoms with Crippen molar-refractivity contribution in [1.29, 1.82) is 0 Å². The average Bonchev–Trinajstić information content (AvgIpc) is 1.69. The molecule has 0 radical (unpaired) electrons. The molecule has 0 amide bonds. The van der Waals surface area contributed by atoms with Gasteiger partial charge in [0.05, 0.1) is 0 Å². The topological polar surface area (TPSA) is 17.1 Å². The Bertz CT molecular complexity index is 76.6. The molecule has 0 bridgehead atoms. The van der Waals surface area contributed by atoms with Gasteiger partial charge in [0.2, 0.25) is 0 Å². The summed E-state index contributed by atoms with van der Waals surface area (Å²) in [6, 6.07) is 0. The van der Waals surface area contributed by atoms with Gasteiger partial charge in [-0.3, -0.25) is 0 Å². The normalized spacial score (nSPS) is 10.0. The summed E-state index contributed by atoms with van der Waals surface area (Å²) in [5.74, 6) is 0. The third-order valence-corrected chi connectivity index (χ3v) is 3.53. The summed E-state index contributed by atoms with van der Waals surface area (Å²) in [6.45, 7) is 6.04. The van der Waals surface area contributed by atoms with E-state index in [4.69, 9.17) is 0 Å². The van der Waals surface area contributed by atoms with E-state index in [2.05, 4.69) is 13.8 Å². The lowest BCUT2D eigenvalue weighted by molar-refractivity contribution is 0.542. The Labute approximate surface area is 52.8 Å².